The van der Waals surface area contributed by atoms with Crippen molar-refractivity contribution >= 4 is 21.6 Å². The highest BCUT2D eigenvalue weighted by atomic mass is 32.2. The largest absolute Gasteiger partial charge is 0.488 e. The van der Waals surface area contributed by atoms with Crippen molar-refractivity contribution in [3.05, 3.63) is 101 Å². The van der Waals surface area contributed by atoms with E-state index in [0.29, 0.717) is 24.3 Å². The van der Waals surface area contributed by atoms with E-state index in [2.05, 4.69) is 4.72 Å². The van der Waals surface area contributed by atoms with E-state index in [1.807, 2.05) is 30.3 Å². The lowest BCUT2D eigenvalue weighted by atomic mass is 9.92. The van der Waals surface area contributed by atoms with Crippen LogP contribution in [0.5, 0.6) is 5.75 Å². The van der Waals surface area contributed by atoms with E-state index in [0.717, 1.165) is 22.3 Å². The van der Waals surface area contributed by atoms with E-state index in [1.54, 1.807) is 48.5 Å². The predicted octanol–water partition coefficient (Wildman–Crippen LogP) is 4.17. The van der Waals surface area contributed by atoms with Crippen molar-refractivity contribution in [2.75, 3.05) is 13.7 Å². The summed E-state index contributed by atoms with van der Waals surface area (Å²) >= 11 is 0. The highest BCUT2D eigenvalue weighted by molar-refractivity contribution is 7.89. The molecule has 7 heteroatoms. The Labute approximate surface area is 187 Å². The van der Waals surface area contributed by atoms with E-state index in [-0.39, 0.29) is 11.4 Å². The monoisotopic (exact) mass is 449 g/mol. The van der Waals surface area contributed by atoms with Gasteiger partial charge in [0.25, 0.3) is 0 Å². The summed E-state index contributed by atoms with van der Waals surface area (Å²) in [4.78, 5) is 12.3. The fraction of sp³-hybridized carbons (Fsp3) is 0.160. The minimum Gasteiger partial charge on any atom is -0.488 e. The molecule has 0 unspecified atom stereocenters. The normalized spacial score (nSPS) is 14.1. The van der Waals surface area contributed by atoms with Crippen LogP contribution in [0.4, 0.5) is 0 Å². The van der Waals surface area contributed by atoms with Crippen LogP contribution in [0.15, 0.2) is 83.8 Å². The first kappa shape index (κ1) is 21.8. The second-order valence-corrected chi connectivity index (χ2v) is 9.03. The summed E-state index contributed by atoms with van der Waals surface area (Å²) in [6.45, 7) is 0.633. The first-order valence-corrected chi connectivity index (χ1v) is 11.7. The molecule has 0 saturated heterocycles. The summed E-state index contributed by atoms with van der Waals surface area (Å²) in [7, 11) is -2.24. The van der Waals surface area contributed by atoms with Gasteiger partial charge in [-0.05, 0) is 53.5 Å². The van der Waals surface area contributed by atoms with Crippen LogP contribution in [0.2, 0.25) is 0 Å². The third-order valence-electron chi connectivity index (χ3n) is 5.22. The molecule has 0 radical (unpaired) electrons. The highest BCUT2D eigenvalue weighted by Crippen LogP contribution is 2.37. The van der Waals surface area contributed by atoms with Gasteiger partial charge in [0.2, 0.25) is 10.0 Å². The van der Waals surface area contributed by atoms with Gasteiger partial charge < -0.3 is 9.47 Å². The molecular weight excluding hydrogens is 426 g/mol. The summed E-state index contributed by atoms with van der Waals surface area (Å²) < 4.78 is 38.5. The first-order valence-electron chi connectivity index (χ1n) is 10.2. The Morgan fingerprint density at radius 1 is 1.03 bits per heavy atom. The molecule has 0 bridgehead atoms. The molecule has 0 atom stereocenters. The summed E-state index contributed by atoms with van der Waals surface area (Å²) in [6.07, 6.45) is 2.43. The standard InChI is InChI=1S/C25H23NO5S/c1-30-25(27)18-13-14-24-23(16-18)22(21-11-6-5-8-19(21)17-31-24)12-7-15-26-32(28,29)20-9-3-2-4-10-20/h2-6,8-14,16,26H,7,15,17H2,1H3/b22-12-. The summed E-state index contributed by atoms with van der Waals surface area (Å²) in [6, 6.07) is 21.3. The second kappa shape index (κ2) is 9.38. The molecule has 3 aromatic rings. The third kappa shape index (κ3) is 4.59. The molecule has 164 valence electrons. The van der Waals surface area contributed by atoms with Crippen LogP contribution in [-0.2, 0) is 21.4 Å². The molecule has 4 rings (SSSR count). The maximum absolute atomic E-state index is 12.5. The van der Waals surface area contributed by atoms with Crippen molar-refractivity contribution in [1.82, 2.24) is 4.72 Å². The van der Waals surface area contributed by atoms with Crippen LogP contribution in [0.3, 0.4) is 0 Å². The summed E-state index contributed by atoms with van der Waals surface area (Å²) in [5.74, 6) is 0.227. The van der Waals surface area contributed by atoms with Crippen LogP contribution in [0.25, 0.3) is 5.57 Å². The molecular formula is C25H23NO5S. The molecule has 6 nitrogen and oxygen atoms in total. The van der Waals surface area contributed by atoms with Gasteiger partial charge in [0.15, 0.2) is 0 Å². The molecule has 1 N–H and O–H groups in total. The molecule has 32 heavy (non-hydrogen) atoms. The number of nitrogens with one attached hydrogen (secondary N) is 1. The van der Waals surface area contributed by atoms with Gasteiger partial charge in [-0.25, -0.2) is 17.9 Å². The van der Waals surface area contributed by atoms with Crippen LogP contribution >= 0.6 is 0 Å². The quantitative estimate of drug-likeness (QED) is 0.451. The number of fused-ring (bicyclic) bond motifs is 2. The zero-order valence-electron chi connectivity index (χ0n) is 17.6. The second-order valence-electron chi connectivity index (χ2n) is 7.27. The van der Waals surface area contributed by atoms with E-state index in [1.165, 1.54) is 7.11 Å². The third-order valence-corrected chi connectivity index (χ3v) is 6.70. The van der Waals surface area contributed by atoms with Gasteiger partial charge in [0.05, 0.1) is 17.6 Å². The molecule has 0 spiro atoms. The van der Waals surface area contributed by atoms with E-state index < -0.39 is 16.0 Å². The number of carbonyl (C=O) groups is 1. The Kier molecular flexibility index (Phi) is 6.39. The number of esters is 1. The number of benzene rings is 3. The fourth-order valence-corrected chi connectivity index (χ4v) is 4.70. The fourth-order valence-electron chi connectivity index (χ4n) is 3.63. The number of ether oxygens (including phenoxy) is 2. The van der Waals surface area contributed by atoms with Crippen molar-refractivity contribution in [3.8, 4) is 5.75 Å². The zero-order chi connectivity index (χ0) is 22.6. The van der Waals surface area contributed by atoms with Crippen LogP contribution in [0, 0.1) is 0 Å². The number of hydrogen-bond donors (Lipinski definition) is 1. The van der Waals surface area contributed by atoms with Crippen LogP contribution in [0.1, 0.15) is 33.5 Å². The van der Waals surface area contributed by atoms with Gasteiger partial charge in [-0.1, -0.05) is 48.5 Å². The number of methoxy groups -OCH3 is 1. The van der Waals surface area contributed by atoms with Gasteiger partial charge in [-0.2, -0.15) is 0 Å². The van der Waals surface area contributed by atoms with E-state index >= 15 is 0 Å². The Balaban J connectivity index is 1.65. The summed E-state index contributed by atoms with van der Waals surface area (Å²) in [5.41, 5.74) is 4.07. The van der Waals surface area contributed by atoms with Crippen molar-refractivity contribution in [2.24, 2.45) is 0 Å². The smallest absolute Gasteiger partial charge is 0.337 e. The zero-order valence-corrected chi connectivity index (χ0v) is 18.4. The average Bonchev–Trinajstić information content (AvgIpc) is 2.98. The molecule has 0 fully saturated rings. The first-order chi connectivity index (χ1) is 15.5. The average molecular weight is 450 g/mol. The molecule has 1 aliphatic rings. The molecule has 1 aliphatic heterocycles. The molecule has 1 heterocycles. The SMILES string of the molecule is COC(=O)c1ccc2c(c1)/C(=C\CCNS(=O)(=O)c1ccccc1)c1ccccc1CO2. The topological polar surface area (TPSA) is 81.7 Å². The number of sulfonamides is 1. The van der Waals surface area contributed by atoms with Crippen molar-refractivity contribution in [1.29, 1.82) is 0 Å². The van der Waals surface area contributed by atoms with Gasteiger partial charge in [-0.3, -0.25) is 0 Å². The van der Waals surface area contributed by atoms with E-state index in [4.69, 9.17) is 9.47 Å². The lowest BCUT2D eigenvalue weighted by molar-refractivity contribution is 0.0600. The lowest BCUT2D eigenvalue weighted by Gasteiger charge is -2.12. The Hall–Kier alpha value is -3.42. The van der Waals surface area contributed by atoms with Crippen LogP contribution in [-0.4, -0.2) is 28.0 Å². The van der Waals surface area contributed by atoms with Gasteiger partial charge in [-0.15, -0.1) is 0 Å². The lowest BCUT2D eigenvalue weighted by Crippen LogP contribution is -2.24. The maximum Gasteiger partial charge on any atom is 0.337 e. The molecule has 3 aromatic carbocycles. The maximum atomic E-state index is 12.5. The molecule has 0 saturated carbocycles. The van der Waals surface area contributed by atoms with Crippen molar-refractivity contribution in [3.63, 3.8) is 0 Å². The Morgan fingerprint density at radius 3 is 2.56 bits per heavy atom. The minimum absolute atomic E-state index is 0.230. The number of hydrogen-bond acceptors (Lipinski definition) is 5. The Morgan fingerprint density at radius 2 is 1.78 bits per heavy atom. The highest BCUT2D eigenvalue weighted by Gasteiger charge is 2.21. The number of rotatable bonds is 6. The minimum atomic E-state index is -3.58. The van der Waals surface area contributed by atoms with Crippen molar-refractivity contribution < 1.29 is 22.7 Å². The van der Waals surface area contributed by atoms with Gasteiger partial charge in [0, 0.05) is 12.1 Å². The van der Waals surface area contributed by atoms with Gasteiger partial charge >= 0.3 is 5.97 Å². The van der Waals surface area contributed by atoms with Crippen LogP contribution < -0.4 is 9.46 Å². The summed E-state index contributed by atoms with van der Waals surface area (Å²) in [5, 5.41) is 0. The number of carbonyl (C=O) groups excluding carboxylic acids is 1. The van der Waals surface area contributed by atoms with E-state index in [9.17, 15) is 13.2 Å². The molecule has 0 amide bonds. The molecule has 0 aliphatic carbocycles. The van der Waals surface area contributed by atoms with Crippen molar-refractivity contribution in [2.45, 2.75) is 17.9 Å². The molecule has 0 aromatic heterocycles. The van der Waals surface area contributed by atoms with Gasteiger partial charge in [0.1, 0.15) is 12.4 Å². The Bertz CT molecular complexity index is 1270. The predicted molar refractivity (Wildman–Crippen MR) is 122 cm³/mol.